The van der Waals surface area contributed by atoms with Gasteiger partial charge in [-0.3, -0.25) is 0 Å². The van der Waals surface area contributed by atoms with Gasteiger partial charge in [0.05, 0.1) is 13.2 Å². The van der Waals surface area contributed by atoms with Gasteiger partial charge in [-0.15, -0.1) is 0 Å². The van der Waals surface area contributed by atoms with Gasteiger partial charge in [0.15, 0.2) is 6.10 Å². The number of carbonyl (C=O) groups excluding carboxylic acids is 1. The third-order valence-corrected chi connectivity index (χ3v) is 6.99. The first kappa shape index (κ1) is 29.9. The molecular formula is C33H39NO7. The van der Waals surface area contributed by atoms with E-state index in [4.69, 9.17) is 18.9 Å². The lowest BCUT2D eigenvalue weighted by atomic mass is 10.1. The Bertz CT molecular complexity index is 1250. The second-order valence-corrected chi connectivity index (χ2v) is 9.99. The zero-order valence-electron chi connectivity index (χ0n) is 23.6. The molecule has 41 heavy (non-hydrogen) atoms. The Morgan fingerprint density at radius 2 is 1.54 bits per heavy atom. The van der Waals surface area contributed by atoms with E-state index in [-0.39, 0.29) is 13.0 Å². The van der Waals surface area contributed by atoms with Crippen LogP contribution in [0, 0.1) is 0 Å². The molecule has 4 rings (SSSR count). The molecule has 0 saturated heterocycles. The molecule has 1 aliphatic carbocycles. The van der Waals surface area contributed by atoms with Crippen LogP contribution in [0.3, 0.4) is 0 Å². The Morgan fingerprint density at radius 3 is 2.29 bits per heavy atom. The van der Waals surface area contributed by atoms with Crippen molar-refractivity contribution in [2.45, 2.75) is 51.6 Å². The number of amides is 1. The molecule has 3 aromatic carbocycles. The summed E-state index contributed by atoms with van der Waals surface area (Å²) < 4.78 is 22.8. The number of para-hydroxylation sites is 1. The van der Waals surface area contributed by atoms with Crippen molar-refractivity contribution in [1.82, 2.24) is 4.90 Å². The van der Waals surface area contributed by atoms with E-state index in [0.717, 1.165) is 43.4 Å². The number of ether oxygens (including phenoxy) is 4. The topological polar surface area (TPSA) is 94.5 Å². The standard InChI is InChI=1S/C33H39NO7/c1-2-38-31(32(35)36)23-25-13-16-29(17-14-25)40-22-20-34(19-6-7-21-39-28-11-4-3-5-12-28)33(37)41-30-18-15-26-9-8-10-27(26)24-30/h3-5,11-18,24,31H,2,6-10,19-23H2,1H3,(H,35,36). The van der Waals surface area contributed by atoms with Crippen LogP contribution in [0.2, 0.25) is 0 Å². The molecule has 0 fully saturated rings. The molecule has 0 aromatic heterocycles. The van der Waals surface area contributed by atoms with Crippen LogP contribution in [-0.4, -0.2) is 61.1 Å². The van der Waals surface area contributed by atoms with Gasteiger partial charge in [0.25, 0.3) is 0 Å². The molecule has 3 aromatic rings. The Hall–Kier alpha value is -4.04. The summed E-state index contributed by atoms with van der Waals surface area (Å²) in [6.07, 6.45) is 3.77. The van der Waals surface area contributed by atoms with Crippen molar-refractivity contribution in [1.29, 1.82) is 0 Å². The van der Waals surface area contributed by atoms with Crippen LogP contribution in [0.1, 0.15) is 42.9 Å². The first-order valence-electron chi connectivity index (χ1n) is 14.3. The maximum Gasteiger partial charge on any atom is 0.415 e. The van der Waals surface area contributed by atoms with Crippen LogP contribution in [-0.2, 0) is 28.8 Å². The van der Waals surface area contributed by atoms with E-state index in [9.17, 15) is 14.7 Å². The van der Waals surface area contributed by atoms with Gasteiger partial charge in [-0.05, 0) is 92.1 Å². The average Bonchev–Trinajstić information content (AvgIpc) is 3.45. The molecule has 1 amide bonds. The number of benzene rings is 3. The van der Waals surface area contributed by atoms with Crippen molar-refractivity contribution < 1.29 is 33.6 Å². The monoisotopic (exact) mass is 561 g/mol. The fourth-order valence-electron chi connectivity index (χ4n) is 4.81. The number of aliphatic carboxylic acids is 1. The van der Waals surface area contributed by atoms with Crippen molar-refractivity contribution in [3.63, 3.8) is 0 Å². The minimum Gasteiger partial charge on any atom is -0.494 e. The molecule has 0 bridgehead atoms. The number of carbonyl (C=O) groups is 2. The smallest absolute Gasteiger partial charge is 0.415 e. The number of carboxylic acid groups (broad SMARTS) is 1. The first-order valence-corrected chi connectivity index (χ1v) is 14.3. The van der Waals surface area contributed by atoms with E-state index in [2.05, 4.69) is 6.07 Å². The molecule has 1 unspecified atom stereocenters. The molecule has 218 valence electrons. The summed E-state index contributed by atoms with van der Waals surface area (Å²) in [5.74, 6) is 1.05. The predicted molar refractivity (Wildman–Crippen MR) is 156 cm³/mol. The molecule has 0 aliphatic heterocycles. The third kappa shape index (κ3) is 9.53. The summed E-state index contributed by atoms with van der Waals surface area (Å²) in [6.45, 7) is 3.83. The minimum atomic E-state index is -0.981. The number of unbranched alkanes of at least 4 members (excludes halogenated alkanes) is 1. The maximum atomic E-state index is 13.2. The summed E-state index contributed by atoms with van der Waals surface area (Å²) in [5, 5.41) is 9.31. The SMILES string of the molecule is CCOC(Cc1ccc(OCCN(CCCCOc2ccccc2)C(=O)Oc2ccc3c(c2)CCC3)cc1)C(=O)O. The molecule has 1 N–H and O–H groups in total. The van der Waals surface area contributed by atoms with Crippen molar-refractivity contribution in [2.24, 2.45) is 0 Å². The second kappa shape index (κ2) is 15.7. The van der Waals surface area contributed by atoms with Crippen LogP contribution in [0.4, 0.5) is 4.79 Å². The number of aryl methyl sites for hydroxylation is 2. The Kier molecular flexibility index (Phi) is 11.4. The van der Waals surface area contributed by atoms with Gasteiger partial charge in [0.2, 0.25) is 0 Å². The van der Waals surface area contributed by atoms with E-state index < -0.39 is 18.2 Å². The van der Waals surface area contributed by atoms with Crippen LogP contribution in [0.25, 0.3) is 0 Å². The molecule has 0 saturated carbocycles. The second-order valence-electron chi connectivity index (χ2n) is 9.99. The molecule has 1 aliphatic rings. The lowest BCUT2D eigenvalue weighted by molar-refractivity contribution is -0.149. The Labute approximate surface area is 241 Å². The van der Waals surface area contributed by atoms with Gasteiger partial charge in [0, 0.05) is 19.6 Å². The number of fused-ring (bicyclic) bond motifs is 1. The van der Waals surface area contributed by atoms with E-state index in [1.165, 1.54) is 11.1 Å². The largest absolute Gasteiger partial charge is 0.494 e. The summed E-state index contributed by atoms with van der Waals surface area (Å²) in [7, 11) is 0. The number of nitrogens with zero attached hydrogens (tertiary/aromatic N) is 1. The highest BCUT2D eigenvalue weighted by atomic mass is 16.6. The van der Waals surface area contributed by atoms with Gasteiger partial charge in [-0.2, -0.15) is 0 Å². The first-order chi connectivity index (χ1) is 20.0. The highest BCUT2D eigenvalue weighted by molar-refractivity contribution is 5.72. The van der Waals surface area contributed by atoms with Crippen LogP contribution in [0.15, 0.2) is 72.8 Å². The average molecular weight is 562 g/mol. The van der Waals surface area contributed by atoms with Gasteiger partial charge in [0.1, 0.15) is 23.9 Å². The third-order valence-electron chi connectivity index (χ3n) is 6.99. The molecule has 8 heteroatoms. The molecule has 1 atom stereocenters. The highest BCUT2D eigenvalue weighted by Crippen LogP contribution is 2.26. The lowest BCUT2D eigenvalue weighted by Gasteiger charge is -2.22. The number of hydrogen-bond acceptors (Lipinski definition) is 6. The fraction of sp³-hybridized carbons (Fsp3) is 0.394. The highest BCUT2D eigenvalue weighted by Gasteiger charge is 2.19. The minimum absolute atomic E-state index is 0.278. The lowest BCUT2D eigenvalue weighted by Crippen LogP contribution is -2.37. The molecular weight excluding hydrogens is 522 g/mol. The maximum absolute atomic E-state index is 13.2. The molecule has 0 spiro atoms. The van der Waals surface area contributed by atoms with Gasteiger partial charge in [-0.1, -0.05) is 36.4 Å². The Morgan fingerprint density at radius 1 is 0.829 bits per heavy atom. The molecule has 0 heterocycles. The van der Waals surface area contributed by atoms with Crippen LogP contribution >= 0.6 is 0 Å². The van der Waals surface area contributed by atoms with Crippen LogP contribution in [0.5, 0.6) is 17.2 Å². The van der Waals surface area contributed by atoms with Crippen molar-refractivity contribution in [3.05, 3.63) is 89.5 Å². The van der Waals surface area contributed by atoms with Gasteiger partial charge < -0.3 is 29.0 Å². The van der Waals surface area contributed by atoms with E-state index in [1.54, 1.807) is 24.0 Å². The number of hydrogen-bond donors (Lipinski definition) is 1. The van der Waals surface area contributed by atoms with E-state index >= 15 is 0 Å². The van der Waals surface area contributed by atoms with E-state index in [0.29, 0.717) is 37.8 Å². The predicted octanol–water partition coefficient (Wildman–Crippen LogP) is 5.95. The normalized spacial score (nSPS) is 12.8. The molecule has 0 radical (unpaired) electrons. The van der Waals surface area contributed by atoms with Crippen molar-refractivity contribution in [3.8, 4) is 17.2 Å². The summed E-state index contributed by atoms with van der Waals surface area (Å²) in [6, 6.07) is 22.8. The van der Waals surface area contributed by atoms with Crippen LogP contribution < -0.4 is 14.2 Å². The molecule has 8 nitrogen and oxygen atoms in total. The van der Waals surface area contributed by atoms with Crippen molar-refractivity contribution in [2.75, 3.05) is 32.9 Å². The zero-order valence-corrected chi connectivity index (χ0v) is 23.6. The zero-order chi connectivity index (χ0) is 28.9. The van der Waals surface area contributed by atoms with Crippen molar-refractivity contribution >= 4 is 12.1 Å². The number of carboxylic acids is 1. The summed E-state index contributed by atoms with van der Waals surface area (Å²) in [5.41, 5.74) is 3.42. The quantitative estimate of drug-likeness (QED) is 0.216. The fourth-order valence-corrected chi connectivity index (χ4v) is 4.81. The van der Waals surface area contributed by atoms with Gasteiger partial charge >= 0.3 is 12.1 Å². The summed E-state index contributed by atoms with van der Waals surface area (Å²) in [4.78, 5) is 26.2. The van der Waals surface area contributed by atoms with Gasteiger partial charge in [-0.25, -0.2) is 9.59 Å². The summed E-state index contributed by atoms with van der Waals surface area (Å²) >= 11 is 0. The number of rotatable bonds is 16. The Balaban J connectivity index is 1.29. The van der Waals surface area contributed by atoms with E-state index in [1.807, 2.05) is 54.6 Å².